The van der Waals surface area contributed by atoms with Crippen molar-refractivity contribution in [1.29, 1.82) is 0 Å². The predicted octanol–water partition coefficient (Wildman–Crippen LogP) is 3.28. The molecule has 132 valence electrons. The lowest BCUT2D eigenvalue weighted by molar-refractivity contribution is -0.130. The van der Waals surface area contributed by atoms with Crippen LogP contribution >= 0.6 is 15.9 Å². The molecule has 1 N–H and O–H groups in total. The van der Waals surface area contributed by atoms with Crippen molar-refractivity contribution < 1.29 is 9.21 Å². The fraction of sp³-hybridized carbons (Fsp3) is 0.222. The molecule has 26 heavy (non-hydrogen) atoms. The minimum absolute atomic E-state index is 0.162. The van der Waals surface area contributed by atoms with Crippen molar-refractivity contribution in [2.45, 2.75) is 26.3 Å². The number of hydrogen-bond acceptors (Lipinski definition) is 5. The molecule has 0 aliphatic carbocycles. The summed E-state index contributed by atoms with van der Waals surface area (Å²) in [6.07, 6.45) is 1.80. The van der Waals surface area contributed by atoms with Crippen LogP contribution < -0.4 is 5.56 Å². The number of nitrogens with zero attached hydrogens (tertiary/aromatic N) is 3. The molecule has 1 aromatic carbocycles. The number of H-pyrrole nitrogens is 1. The lowest BCUT2D eigenvalue weighted by Gasteiger charge is -2.20. The SMILES string of the molecule is CC(=O)N1N=C(c2c(C)oc3nc[nH]c(=O)c23)CC1c1ccc(Br)cc1. The van der Waals surface area contributed by atoms with Gasteiger partial charge in [0.15, 0.2) is 0 Å². The smallest absolute Gasteiger partial charge is 0.262 e. The summed E-state index contributed by atoms with van der Waals surface area (Å²) >= 11 is 3.42. The number of fused-ring (bicyclic) bond motifs is 1. The predicted molar refractivity (Wildman–Crippen MR) is 99.9 cm³/mol. The number of amides is 1. The summed E-state index contributed by atoms with van der Waals surface area (Å²) in [7, 11) is 0. The number of furan rings is 1. The van der Waals surface area contributed by atoms with Gasteiger partial charge in [-0.2, -0.15) is 5.10 Å². The molecule has 1 aliphatic rings. The number of nitrogens with one attached hydrogen (secondary N) is 1. The molecule has 3 heterocycles. The number of carbonyl (C=O) groups excluding carboxylic acids is 1. The Morgan fingerprint density at radius 2 is 2.08 bits per heavy atom. The second-order valence-electron chi connectivity index (χ2n) is 6.13. The van der Waals surface area contributed by atoms with Crippen LogP contribution in [0.1, 0.15) is 36.3 Å². The van der Waals surface area contributed by atoms with E-state index in [0.717, 1.165) is 10.0 Å². The second-order valence-corrected chi connectivity index (χ2v) is 7.04. The molecule has 1 aliphatic heterocycles. The third kappa shape index (κ3) is 2.66. The van der Waals surface area contributed by atoms with E-state index in [2.05, 4.69) is 31.0 Å². The van der Waals surface area contributed by atoms with Crippen LogP contribution in [-0.2, 0) is 4.79 Å². The molecule has 3 aromatic rings. The van der Waals surface area contributed by atoms with Gasteiger partial charge < -0.3 is 9.40 Å². The van der Waals surface area contributed by atoms with Gasteiger partial charge in [0.1, 0.15) is 11.1 Å². The number of carbonyl (C=O) groups is 1. The van der Waals surface area contributed by atoms with Gasteiger partial charge in [-0.1, -0.05) is 28.1 Å². The Kier molecular flexibility index (Phi) is 3.99. The highest BCUT2D eigenvalue weighted by molar-refractivity contribution is 9.10. The van der Waals surface area contributed by atoms with Crippen molar-refractivity contribution in [2.24, 2.45) is 5.10 Å². The van der Waals surface area contributed by atoms with E-state index in [0.29, 0.717) is 28.8 Å². The summed E-state index contributed by atoms with van der Waals surface area (Å²) in [6, 6.07) is 7.54. The van der Waals surface area contributed by atoms with Crippen LogP contribution in [0.2, 0.25) is 0 Å². The number of benzene rings is 1. The van der Waals surface area contributed by atoms with Crippen molar-refractivity contribution in [3.05, 3.63) is 62.3 Å². The standard InChI is InChI=1S/C18H15BrN4O3/c1-9-15(16-17(25)20-8-21-18(16)26-9)13-7-14(23(22-13)10(2)24)11-3-5-12(19)6-4-11/h3-6,8,14H,7H2,1-2H3,(H,20,21,25). The number of hydrogen-bond donors (Lipinski definition) is 1. The fourth-order valence-corrected chi connectivity index (χ4v) is 3.56. The van der Waals surface area contributed by atoms with Crippen LogP contribution in [0.25, 0.3) is 11.1 Å². The van der Waals surface area contributed by atoms with Gasteiger partial charge in [0.25, 0.3) is 5.56 Å². The number of rotatable bonds is 2. The topological polar surface area (TPSA) is 91.6 Å². The highest BCUT2D eigenvalue weighted by atomic mass is 79.9. The normalized spacial score (nSPS) is 17.0. The molecule has 1 atom stereocenters. The van der Waals surface area contributed by atoms with Crippen molar-refractivity contribution >= 4 is 38.6 Å². The number of halogens is 1. The zero-order chi connectivity index (χ0) is 18.4. The van der Waals surface area contributed by atoms with Gasteiger partial charge >= 0.3 is 0 Å². The van der Waals surface area contributed by atoms with Gasteiger partial charge in [0.2, 0.25) is 11.6 Å². The number of aromatic nitrogens is 2. The molecule has 1 unspecified atom stereocenters. The van der Waals surface area contributed by atoms with E-state index >= 15 is 0 Å². The lowest BCUT2D eigenvalue weighted by Crippen LogP contribution is -2.24. The van der Waals surface area contributed by atoms with Crippen LogP contribution in [0.15, 0.2) is 49.4 Å². The minimum atomic E-state index is -0.286. The zero-order valence-corrected chi connectivity index (χ0v) is 15.7. The fourth-order valence-electron chi connectivity index (χ4n) is 3.30. The molecule has 4 rings (SSSR count). The summed E-state index contributed by atoms with van der Waals surface area (Å²) in [6.45, 7) is 3.25. The van der Waals surface area contributed by atoms with Crippen LogP contribution in [0.3, 0.4) is 0 Å². The van der Waals surface area contributed by atoms with Gasteiger partial charge in [-0.15, -0.1) is 0 Å². The first-order valence-corrected chi connectivity index (χ1v) is 8.85. The number of aromatic amines is 1. The van der Waals surface area contributed by atoms with E-state index in [1.165, 1.54) is 18.3 Å². The summed E-state index contributed by atoms with van der Waals surface area (Å²) < 4.78 is 6.59. The molecule has 0 fully saturated rings. The Labute approximate surface area is 156 Å². The molecular weight excluding hydrogens is 400 g/mol. The maximum absolute atomic E-state index is 12.3. The molecule has 7 nitrogen and oxygen atoms in total. The Bertz CT molecular complexity index is 1100. The van der Waals surface area contributed by atoms with Crippen molar-refractivity contribution in [3.8, 4) is 0 Å². The Morgan fingerprint density at radius 3 is 2.77 bits per heavy atom. The van der Waals surface area contributed by atoms with Crippen LogP contribution in [0.5, 0.6) is 0 Å². The van der Waals surface area contributed by atoms with Gasteiger partial charge in [0, 0.05) is 17.8 Å². The van der Waals surface area contributed by atoms with Gasteiger partial charge in [-0.3, -0.25) is 9.59 Å². The van der Waals surface area contributed by atoms with Crippen LogP contribution in [0.4, 0.5) is 0 Å². The maximum Gasteiger partial charge on any atom is 0.262 e. The molecule has 0 bridgehead atoms. The molecule has 0 saturated heterocycles. The van der Waals surface area contributed by atoms with Crippen molar-refractivity contribution in [3.63, 3.8) is 0 Å². The van der Waals surface area contributed by atoms with E-state index < -0.39 is 0 Å². The third-order valence-corrected chi connectivity index (χ3v) is 4.98. The first kappa shape index (κ1) is 16.7. The monoisotopic (exact) mass is 414 g/mol. The third-order valence-electron chi connectivity index (χ3n) is 4.45. The second kappa shape index (κ2) is 6.21. The lowest BCUT2D eigenvalue weighted by atomic mass is 9.97. The van der Waals surface area contributed by atoms with E-state index in [9.17, 15) is 9.59 Å². The van der Waals surface area contributed by atoms with E-state index in [1.807, 2.05) is 24.3 Å². The molecular formula is C18H15BrN4O3. The molecule has 0 radical (unpaired) electrons. The van der Waals surface area contributed by atoms with Crippen LogP contribution in [0, 0.1) is 6.92 Å². The molecule has 0 spiro atoms. The van der Waals surface area contributed by atoms with E-state index in [-0.39, 0.29) is 23.2 Å². The van der Waals surface area contributed by atoms with Gasteiger partial charge in [0.05, 0.1) is 23.6 Å². The summed E-state index contributed by atoms with van der Waals surface area (Å²) in [4.78, 5) is 31.1. The van der Waals surface area contributed by atoms with Crippen molar-refractivity contribution in [2.75, 3.05) is 0 Å². The minimum Gasteiger partial charge on any atom is -0.442 e. The zero-order valence-electron chi connectivity index (χ0n) is 14.1. The Hall–Kier alpha value is -2.74. The molecule has 2 aromatic heterocycles. The van der Waals surface area contributed by atoms with Gasteiger partial charge in [-0.05, 0) is 24.6 Å². The highest BCUT2D eigenvalue weighted by Gasteiger charge is 2.34. The number of hydrazone groups is 1. The molecule has 0 saturated carbocycles. The quantitative estimate of drug-likeness (QED) is 0.696. The van der Waals surface area contributed by atoms with Gasteiger partial charge in [-0.25, -0.2) is 9.99 Å². The van der Waals surface area contributed by atoms with E-state index in [1.54, 1.807) is 6.92 Å². The molecule has 8 heteroatoms. The largest absolute Gasteiger partial charge is 0.442 e. The summed E-state index contributed by atoms with van der Waals surface area (Å²) in [5.74, 6) is 0.397. The average Bonchev–Trinajstić information content (AvgIpc) is 3.17. The first-order valence-electron chi connectivity index (χ1n) is 8.05. The van der Waals surface area contributed by atoms with Crippen molar-refractivity contribution in [1.82, 2.24) is 15.0 Å². The average molecular weight is 415 g/mol. The Balaban J connectivity index is 1.83. The highest BCUT2D eigenvalue weighted by Crippen LogP contribution is 2.35. The summed E-state index contributed by atoms with van der Waals surface area (Å²) in [5, 5.41) is 6.33. The maximum atomic E-state index is 12.3. The number of aryl methyl sites for hydroxylation is 1. The van der Waals surface area contributed by atoms with E-state index in [4.69, 9.17) is 4.42 Å². The summed E-state index contributed by atoms with van der Waals surface area (Å²) in [5.41, 5.74) is 2.21. The molecule has 1 amide bonds. The Morgan fingerprint density at radius 1 is 1.35 bits per heavy atom. The van der Waals surface area contributed by atoms with Crippen LogP contribution in [-0.4, -0.2) is 26.6 Å². The first-order chi connectivity index (χ1) is 12.5.